The van der Waals surface area contributed by atoms with E-state index in [1.165, 1.54) is 0 Å². The van der Waals surface area contributed by atoms with Crippen molar-refractivity contribution in [1.82, 2.24) is 14.9 Å². The Kier molecular flexibility index (Phi) is 5.51. The third-order valence-electron chi connectivity index (χ3n) is 4.11. The Bertz CT molecular complexity index is 635. The van der Waals surface area contributed by atoms with Crippen LogP contribution in [-0.4, -0.2) is 22.1 Å². The minimum Gasteiger partial charge on any atom is -0.312 e. The average molecular weight is 287 g/mol. The van der Waals surface area contributed by atoms with E-state index in [2.05, 4.69) is 31.1 Å². The lowest BCUT2D eigenvalue weighted by Crippen LogP contribution is -2.41. The molecule has 2 aromatic rings. The molecule has 0 saturated heterocycles. The SMILES string of the molecule is CCCNC(Cn1cnc2ccccc2c1=O)C(C)CC. The van der Waals surface area contributed by atoms with E-state index in [1.54, 1.807) is 10.9 Å². The van der Waals surface area contributed by atoms with E-state index >= 15 is 0 Å². The summed E-state index contributed by atoms with van der Waals surface area (Å²) < 4.78 is 1.74. The van der Waals surface area contributed by atoms with Crippen molar-refractivity contribution in [2.45, 2.75) is 46.2 Å². The van der Waals surface area contributed by atoms with Crippen LogP contribution in [-0.2, 0) is 6.54 Å². The van der Waals surface area contributed by atoms with Crippen molar-refractivity contribution in [3.8, 4) is 0 Å². The molecule has 0 fully saturated rings. The van der Waals surface area contributed by atoms with Gasteiger partial charge in [-0.15, -0.1) is 0 Å². The van der Waals surface area contributed by atoms with Crippen LogP contribution in [0.25, 0.3) is 10.9 Å². The van der Waals surface area contributed by atoms with Crippen LogP contribution in [0, 0.1) is 5.92 Å². The van der Waals surface area contributed by atoms with Crippen LogP contribution < -0.4 is 10.9 Å². The summed E-state index contributed by atoms with van der Waals surface area (Å²) in [5, 5.41) is 4.25. The Hall–Kier alpha value is -1.68. The Morgan fingerprint density at radius 2 is 2.05 bits per heavy atom. The summed E-state index contributed by atoms with van der Waals surface area (Å²) in [6.45, 7) is 8.22. The maximum Gasteiger partial charge on any atom is 0.261 e. The predicted molar refractivity (Wildman–Crippen MR) is 87.5 cm³/mol. The van der Waals surface area contributed by atoms with Crippen molar-refractivity contribution >= 4 is 10.9 Å². The second-order valence-corrected chi connectivity index (χ2v) is 5.67. The third kappa shape index (κ3) is 3.70. The number of fused-ring (bicyclic) bond motifs is 1. The smallest absolute Gasteiger partial charge is 0.261 e. The second kappa shape index (κ2) is 7.36. The van der Waals surface area contributed by atoms with Crippen LogP contribution >= 0.6 is 0 Å². The van der Waals surface area contributed by atoms with Crippen molar-refractivity contribution in [2.24, 2.45) is 5.92 Å². The molecule has 0 bridgehead atoms. The Balaban J connectivity index is 2.28. The summed E-state index contributed by atoms with van der Waals surface area (Å²) in [6.07, 6.45) is 3.86. The lowest BCUT2D eigenvalue weighted by molar-refractivity contribution is 0.326. The van der Waals surface area contributed by atoms with Crippen molar-refractivity contribution < 1.29 is 0 Å². The van der Waals surface area contributed by atoms with Crippen molar-refractivity contribution in [3.63, 3.8) is 0 Å². The molecule has 21 heavy (non-hydrogen) atoms. The van der Waals surface area contributed by atoms with Crippen molar-refractivity contribution in [2.75, 3.05) is 6.54 Å². The first-order chi connectivity index (χ1) is 10.2. The molecule has 0 aliphatic rings. The van der Waals surface area contributed by atoms with Gasteiger partial charge in [0.15, 0.2) is 0 Å². The second-order valence-electron chi connectivity index (χ2n) is 5.67. The quantitative estimate of drug-likeness (QED) is 0.852. The van der Waals surface area contributed by atoms with Crippen molar-refractivity contribution in [3.05, 3.63) is 40.9 Å². The topological polar surface area (TPSA) is 46.9 Å². The molecule has 114 valence electrons. The van der Waals surface area contributed by atoms with Gasteiger partial charge in [-0.3, -0.25) is 9.36 Å². The van der Waals surface area contributed by atoms with Gasteiger partial charge in [0, 0.05) is 12.6 Å². The summed E-state index contributed by atoms with van der Waals surface area (Å²) in [6, 6.07) is 7.82. The highest BCUT2D eigenvalue weighted by atomic mass is 16.1. The van der Waals surface area contributed by atoms with Crippen molar-refractivity contribution in [1.29, 1.82) is 0 Å². The minimum atomic E-state index is 0.0483. The number of para-hydroxylation sites is 1. The van der Waals surface area contributed by atoms with Crippen LogP contribution in [0.5, 0.6) is 0 Å². The molecule has 0 amide bonds. The van der Waals surface area contributed by atoms with E-state index in [9.17, 15) is 4.79 Å². The van der Waals surface area contributed by atoms with E-state index in [0.29, 0.717) is 23.9 Å². The summed E-state index contributed by atoms with van der Waals surface area (Å²) in [7, 11) is 0. The summed E-state index contributed by atoms with van der Waals surface area (Å²) >= 11 is 0. The third-order valence-corrected chi connectivity index (χ3v) is 4.11. The Morgan fingerprint density at radius 1 is 1.29 bits per heavy atom. The molecule has 1 N–H and O–H groups in total. The predicted octanol–water partition coefficient (Wildman–Crippen LogP) is 2.81. The zero-order valence-electron chi connectivity index (χ0n) is 13.2. The van der Waals surface area contributed by atoms with E-state index in [-0.39, 0.29) is 5.56 Å². The standard InChI is InChI=1S/C17H25N3O/c1-4-10-18-16(13(3)5-2)11-20-12-19-15-9-7-6-8-14(15)17(20)21/h6-9,12-13,16,18H,4-5,10-11H2,1-3H3. The number of aromatic nitrogens is 2. The van der Waals surface area contributed by atoms with Gasteiger partial charge in [0.1, 0.15) is 0 Å². The monoisotopic (exact) mass is 287 g/mol. The van der Waals surface area contributed by atoms with Crippen LogP contribution in [0.4, 0.5) is 0 Å². The number of nitrogens with one attached hydrogen (secondary N) is 1. The maximum absolute atomic E-state index is 12.5. The number of hydrogen-bond acceptors (Lipinski definition) is 3. The zero-order chi connectivity index (χ0) is 15.2. The highest BCUT2D eigenvalue weighted by Crippen LogP contribution is 2.10. The number of rotatable bonds is 7. The molecule has 0 aliphatic carbocycles. The number of hydrogen-bond donors (Lipinski definition) is 1. The molecular weight excluding hydrogens is 262 g/mol. The Morgan fingerprint density at radius 3 is 2.76 bits per heavy atom. The van der Waals surface area contributed by atoms with Crippen LogP contribution in [0.2, 0.25) is 0 Å². The number of nitrogens with zero attached hydrogens (tertiary/aromatic N) is 2. The summed E-state index contributed by atoms with van der Waals surface area (Å²) in [5.41, 5.74) is 0.813. The maximum atomic E-state index is 12.5. The summed E-state index contributed by atoms with van der Waals surface area (Å²) in [4.78, 5) is 16.9. The average Bonchev–Trinajstić information content (AvgIpc) is 2.53. The van der Waals surface area contributed by atoms with E-state index in [1.807, 2.05) is 24.3 Å². The molecule has 2 atom stereocenters. The summed E-state index contributed by atoms with van der Waals surface area (Å²) in [5.74, 6) is 0.523. The van der Waals surface area contributed by atoms with Crippen LogP contribution in [0.3, 0.4) is 0 Å². The fraction of sp³-hybridized carbons (Fsp3) is 0.529. The minimum absolute atomic E-state index is 0.0483. The molecule has 0 aliphatic heterocycles. The first kappa shape index (κ1) is 15.7. The lowest BCUT2D eigenvalue weighted by Gasteiger charge is -2.25. The largest absolute Gasteiger partial charge is 0.312 e. The Labute approximate surface area is 126 Å². The lowest BCUT2D eigenvalue weighted by atomic mass is 9.99. The van der Waals surface area contributed by atoms with E-state index < -0.39 is 0 Å². The van der Waals surface area contributed by atoms with Gasteiger partial charge in [0.05, 0.1) is 17.2 Å². The highest BCUT2D eigenvalue weighted by Gasteiger charge is 2.16. The van der Waals surface area contributed by atoms with E-state index in [4.69, 9.17) is 0 Å². The molecule has 4 heteroatoms. The molecule has 4 nitrogen and oxygen atoms in total. The van der Waals surface area contributed by atoms with Gasteiger partial charge in [0.25, 0.3) is 5.56 Å². The first-order valence-corrected chi connectivity index (χ1v) is 7.84. The molecule has 2 unspecified atom stereocenters. The number of benzene rings is 1. The van der Waals surface area contributed by atoms with Gasteiger partial charge in [-0.1, -0.05) is 39.3 Å². The van der Waals surface area contributed by atoms with Gasteiger partial charge < -0.3 is 5.32 Å². The first-order valence-electron chi connectivity index (χ1n) is 7.84. The van der Waals surface area contributed by atoms with Gasteiger partial charge in [-0.05, 0) is 31.0 Å². The normalized spacial score (nSPS) is 14.2. The fourth-order valence-electron chi connectivity index (χ4n) is 2.51. The van der Waals surface area contributed by atoms with Gasteiger partial charge in [0.2, 0.25) is 0 Å². The molecule has 1 heterocycles. The molecule has 1 aromatic heterocycles. The molecule has 2 rings (SSSR count). The molecule has 0 spiro atoms. The molecule has 0 saturated carbocycles. The van der Waals surface area contributed by atoms with Crippen LogP contribution in [0.1, 0.15) is 33.6 Å². The fourth-order valence-corrected chi connectivity index (χ4v) is 2.51. The van der Waals surface area contributed by atoms with E-state index in [0.717, 1.165) is 24.9 Å². The zero-order valence-corrected chi connectivity index (χ0v) is 13.2. The van der Waals surface area contributed by atoms with Crippen LogP contribution in [0.15, 0.2) is 35.4 Å². The highest BCUT2D eigenvalue weighted by molar-refractivity contribution is 5.76. The van der Waals surface area contributed by atoms with Gasteiger partial charge >= 0.3 is 0 Å². The van der Waals surface area contributed by atoms with Gasteiger partial charge in [-0.25, -0.2) is 4.98 Å². The van der Waals surface area contributed by atoms with Gasteiger partial charge in [-0.2, -0.15) is 0 Å². The molecular formula is C17H25N3O. The molecule has 1 aromatic carbocycles. The molecule has 0 radical (unpaired) electrons.